The molecular weight excluding hydrogens is 232 g/mol. The van der Waals surface area contributed by atoms with Crippen LogP contribution in [-0.2, 0) is 0 Å². The van der Waals surface area contributed by atoms with Gasteiger partial charge in [-0.2, -0.15) is 5.10 Å². The second kappa shape index (κ2) is 4.19. The lowest BCUT2D eigenvalue weighted by molar-refractivity contribution is 0.801. The first-order valence-corrected chi connectivity index (χ1v) is 4.74. The Morgan fingerprint density at radius 2 is 1.69 bits per heavy atom. The fourth-order valence-corrected chi connectivity index (χ4v) is 1.21. The molecule has 0 saturated carbocycles. The molecule has 2 N–H and O–H groups in total. The lowest BCUT2D eigenvalue weighted by Crippen LogP contribution is -2.22. The molecule has 16 heavy (non-hydrogen) atoms. The first-order chi connectivity index (χ1) is 7.66. The van der Waals surface area contributed by atoms with Crippen molar-refractivity contribution >= 4 is 17.8 Å². The lowest BCUT2D eigenvalue weighted by Gasteiger charge is -1.92. The van der Waals surface area contributed by atoms with Gasteiger partial charge in [0.05, 0.1) is 6.21 Å². The largest absolute Gasteiger partial charge is 0.365 e. The van der Waals surface area contributed by atoms with Gasteiger partial charge in [0.2, 0.25) is 0 Å². The van der Waals surface area contributed by atoms with E-state index in [1.807, 2.05) is 0 Å². The maximum Gasteiger partial charge on any atom is 0.365 e. The Labute approximate surface area is 94.2 Å². The summed E-state index contributed by atoms with van der Waals surface area (Å²) in [7, 11) is 0. The highest BCUT2D eigenvalue weighted by Crippen LogP contribution is 2.07. The van der Waals surface area contributed by atoms with E-state index in [-0.39, 0.29) is 0 Å². The van der Waals surface area contributed by atoms with Gasteiger partial charge in [0, 0.05) is 5.02 Å². The molecule has 2 aromatic rings. The number of hydrogen-bond donors (Lipinski definition) is 2. The second-order valence-electron chi connectivity index (χ2n) is 2.97. The fourth-order valence-electron chi connectivity index (χ4n) is 1.08. The molecule has 0 aliphatic heterocycles. The van der Waals surface area contributed by atoms with Gasteiger partial charge < -0.3 is 0 Å². The van der Waals surface area contributed by atoms with Crippen LogP contribution in [-0.4, -0.2) is 21.1 Å². The molecule has 1 aromatic carbocycles. The van der Waals surface area contributed by atoms with Gasteiger partial charge in [0.15, 0.2) is 0 Å². The van der Waals surface area contributed by atoms with Crippen molar-refractivity contribution in [1.82, 2.24) is 14.9 Å². The molecule has 0 aliphatic carbocycles. The summed E-state index contributed by atoms with van der Waals surface area (Å²) in [6.07, 6.45) is 1.39. The van der Waals surface area contributed by atoms with Crippen molar-refractivity contribution in [1.29, 1.82) is 0 Å². The third kappa shape index (κ3) is 2.12. The summed E-state index contributed by atoms with van der Waals surface area (Å²) in [4.78, 5) is 22.1. The van der Waals surface area contributed by atoms with Crippen molar-refractivity contribution in [3.8, 4) is 0 Å². The fraction of sp³-hybridized carbons (Fsp3) is 0. The SMILES string of the molecule is O=c1[nH][nH]c(=O)n1/N=C/c1ccc(Cl)cc1. The maximum atomic E-state index is 11.1. The standard InChI is InChI=1S/C9H7ClN4O2/c10-7-3-1-6(2-4-7)5-11-14-8(15)12-13-9(14)16/h1-5H,(H,12,15)(H,13,16)/b11-5+. The summed E-state index contributed by atoms with van der Waals surface area (Å²) >= 11 is 5.70. The molecule has 0 radical (unpaired) electrons. The normalized spacial score (nSPS) is 11.1. The molecular formula is C9H7ClN4O2. The second-order valence-corrected chi connectivity index (χ2v) is 3.40. The van der Waals surface area contributed by atoms with Crippen molar-refractivity contribution in [2.45, 2.75) is 0 Å². The van der Waals surface area contributed by atoms with Gasteiger partial charge in [-0.05, 0) is 17.7 Å². The molecule has 0 fully saturated rings. The van der Waals surface area contributed by atoms with E-state index in [9.17, 15) is 9.59 Å². The van der Waals surface area contributed by atoms with Crippen LogP contribution in [0.5, 0.6) is 0 Å². The van der Waals surface area contributed by atoms with E-state index in [0.717, 1.165) is 5.56 Å². The number of halogens is 1. The minimum Gasteiger partial charge on any atom is -0.246 e. The third-order valence-electron chi connectivity index (χ3n) is 1.85. The Morgan fingerprint density at radius 1 is 1.12 bits per heavy atom. The van der Waals surface area contributed by atoms with E-state index in [2.05, 4.69) is 15.3 Å². The Morgan fingerprint density at radius 3 is 2.25 bits per heavy atom. The zero-order chi connectivity index (χ0) is 11.5. The van der Waals surface area contributed by atoms with Gasteiger partial charge in [-0.25, -0.2) is 19.8 Å². The molecule has 0 aliphatic rings. The van der Waals surface area contributed by atoms with Crippen molar-refractivity contribution in [3.63, 3.8) is 0 Å². The number of nitrogens with zero attached hydrogens (tertiary/aromatic N) is 2. The van der Waals surface area contributed by atoms with Crippen molar-refractivity contribution in [3.05, 3.63) is 55.8 Å². The predicted octanol–water partition coefficient (Wildman–Crippen LogP) is 0.400. The zero-order valence-corrected chi connectivity index (χ0v) is 8.73. The van der Waals surface area contributed by atoms with E-state index >= 15 is 0 Å². The average molecular weight is 239 g/mol. The molecule has 0 spiro atoms. The average Bonchev–Trinajstić information content (AvgIpc) is 2.59. The monoisotopic (exact) mass is 238 g/mol. The van der Waals surface area contributed by atoms with E-state index < -0.39 is 11.4 Å². The number of benzene rings is 1. The summed E-state index contributed by atoms with van der Waals surface area (Å²) in [5, 5.41) is 8.57. The number of aromatic nitrogens is 3. The molecule has 1 heterocycles. The topological polar surface area (TPSA) is 83.0 Å². The van der Waals surface area contributed by atoms with Crippen LogP contribution in [0.1, 0.15) is 5.56 Å². The molecule has 0 saturated heterocycles. The third-order valence-corrected chi connectivity index (χ3v) is 2.11. The van der Waals surface area contributed by atoms with Crippen molar-refractivity contribution < 1.29 is 0 Å². The molecule has 7 heteroatoms. The Hall–Kier alpha value is -2.08. The van der Waals surface area contributed by atoms with Crippen LogP contribution in [0.25, 0.3) is 0 Å². The van der Waals surface area contributed by atoms with Crippen LogP contribution >= 0.6 is 11.6 Å². The molecule has 1 aromatic heterocycles. The number of H-pyrrole nitrogens is 2. The molecule has 0 bridgehead atoms. The summed E-state index contributed by atoms with van der Waals surface area (Å²) < 4.78 is 0.689. The first kappa shape index (κ1) is 10.4. The Bertz CT molecular complexity index is 592. The van der Waals surface area contributed by atoms with Crippen LogP contribution < -0.4 is 11.4 Å². The van der Waals surface area contributed by atoms with Crippen LogP contribution in [0.15, 0.2) is 39.0 Å². The number of aromatic amines is 2. The van der Waals surface area contributed by atoms with E-state index in [4.69, 9.17) is 11.6 Å². The van der Waals surface area contributed by atoms with Gasteiger partial charge in [-0.1, -0.05) is 23.7 Å². The van der Waals surface area contributed by atoms with Gasteiger partial charge in [0.25, 0.3) is 0 Å². The minimum atomic E-state index is -0.616. The van der Waals surface area contributed by atoms with Gasteiger partial charge >= 0.3 is 11.4 Å². The summed E-state index contributed by atoms with van der Waals surface area (Å²) in [5.41, 5.74) is -0.498. The van der Waals surface area contributed by atoms with E-state index in [1.54, 1.807) is 24.3 Å². The van der Waals surface area contributed by atoms with Gasteiger partial charge in [-0.3, -0.25) is 0 Å². The van der Waals surface area contributed by atoms with Crippen molar-refractivity contribution in [2.24, 2.45) is 5.10 Å². The quantitative estimate of drug-likeness (QED) is 0.743. The van der Waals surface area contributed by atoms with E-state index in [0.29, 0.717) is 9.70 Å². The minimum absolute atomic E-state index is 0.605. The highest BCUT2D eigenvalue weighted by molar-refractivity contribution is 6.30. The molecule has 82 valence electrons. The number of hydrogen-bond acceptors (Lipinski definition) is 3. The summed E-state index contributed by atoms with van der Waals surface area (Å²) in [6, 6.07) is 6.81. The molecule has 0 unspecified atom stereocenters. The van der Waals surface area contributed by atoms with Gasteiger partial charge in [0.1, 0.15) is 0 Å². The highest BCUT2D eigenvalue weighted by Gasteiger charge is 1.98. The smallest absolute Gasteiger partial charge is 0.246 e. The van der Waals surface area contributed by atoms with Crippen LogP contribution in [0.3, 0.4) is 0 Å². The number of rotatable bonds is 2. The van der Waals surface area contributed by atoms with Gasteiger partial charge in [-0.15, -0.1) is 4.68 Å². The lowest BCUT2D eigenvalue weighted by atomic mass is 10.2. The van der Waals surface area contributed by atoms with E-state index in [1.165, 1.54) is 6.21 Å². The Balaban J connectivity index is 2.31. The zero-order valence-electron chi connectivity index (χ0n) is 7.98. The number of nitrogens with one attached hydrogen (secondary N) is 2. The summed E-state index contributed by atoms with van der Waals surface area (Å²) in [5.74, 6) is 0. The van der Waals surface area contributed by atoms with Crippen LogP contribution in [0.2, 0.25) is 5.02 Å². The molecule has 0 atom stereocenters. The predicted molar refractivity (Wildman–Crippen MR) is 60.1 cm³/mol. The Kier molecular flexibility index (Phi) is 2.74. The van der Waals surface area contributed by atoms with Crippen LogP contribution in [0.4, 0.5) is 0 Å². The summed E-state index contributed by atoms with van der Waals surface area (Å²) in [6.45, 7) is 0. The van der Waals surface area contributed by atoms with Crippen LogP contribution in [0, 0.1) is 0 Å². The highest BCUT2D eigenvalue weighted by atomic mass is 35.5. The maximum absolute atomic E-state index is 11.1. The molecule has 2 rings (SSSR count). The first-order valence-electron chi connectivity index (χ1n) is 4.36. The molecule has 6 nitrogen and oxygen atoms in total. The van der Waals surface area contributed by atoms with Crippen molar-refractivity contribution in [2.75, 3.05) is 0 Å². The molecule has 0 amide bonds.